The van der Waals surface area contributed by atoms with E-state index in [4.69, 9.17) is 9.47 Å². The number of aromatic amines is 1. The molecule has 5 aromatic rings. The summed E-state index contributed by atoms with van der Waals surface area (Å²) in [6.45, 7) is 0.492. The van der Waals surface area contributed by atoms with Crippen molar-refractivity contribution in [1.29, 1.82) is 0 Å². The van der Waals surface area contributed by atoms with E-state index in [9.17, 15) is 13.6 Å². The van der Waals surface area contributed by atoms with E-state index in [0.29, 0.717) is 27.8 Å². The molecule has 0 saturated carbocycles. The maximum Gasteiger partial charge on any atom is 0.267 e. The van der Waals surface area contributed by atoms with Crippen molar-refractivity contribution < 1.29 is 18.3 Å². The van der Waals surface area contributed by atoms with Crippen molar-refractivity contribution in [3.05, 3.63) is 76.8 Å². The lowest BCUT2D eigenvalue weighted by Crippen LogP contribution is -2.35. The molecule has 0 bridgehead atoms. The van der Waals surface area contributed by atoms with Crippen LogP contribution >= 0.6 is 0 Å². The zero-order valence-corrected chi connectivity index (χ0v) is 17.5. The van der Waals surface area contributed by atoms with Gasteiger partial charge in [0, 0.05) is 12.3 Å². The van der Waals surface area contributed by atoms with Crippen molar-refractivity contribution in [3.63, 3.8) is 0 Å². The van der Waals surface area contributed by atoms with Crippen molar-refractivity contribution in [3.8, 4) is 17.2 Å². The second-order valence-corrected chi connectivity index (χ2v) is 7.70. The first-order chi connectivity index (χ1) is 16.6. The summed E-state index contributed by atoms with van der Waals surface area (Å²) in [6, 6.07) is 10.0. The van der Waals surface area contributed by atoms with Crippen molar-refractivity contribution >= 4 is 27.9 Å². The Morgan fingerprint density at radius 1 is 1.12 bits per heavy atom. The van der Waals surface area contributed by atoms with Gasteiger partial charge in [0.25, 0.3) is 5.56 Å². The van der Waals surface area contributed by atoms with Gasteiger partial charge in [-0.1, -0.05) is 12.1 Å². The zero-order valence-electron chi connectivity index (χ0n) is 17.5. The number of anilines is 1. The number of hydrogen-bond donors (Lipinski definition) is 2. The highest BCUT2D eigenvalue weighted by Crippen LogP contribution is 2.32. The quantitative estimate of drug-likeness (QED) is 0.422. The molecule has 34 heavy (non-hydrogen) atoms. The Balaban J connectivity index is 1.37. The standard InChI is InChI=1S/C23H16F2N6O3/c24-12-5-6-18-19(7-12)34-13(11-33-18)8-26-23-27-9-14-20-15(10-28-30-20)22(32)31(21(14)29-23)17-4-2-1-3-16(17)25/h1-7,9-10,13H,8,11H2,(H,28,30)(H,26,27,29). The average molecular weight is 462 g/mol. The fraction of sp³-hybridized carbons (Fsp3) is 0.130. The Labute approximate surface area is 190 Å². The van der Waals surface area contributed by atoms with Crippen LogP contribution in [0.1, 0.15) is 0 Å². The van der Waals surface area contributed by atoms with E-state index in [1.165, 1.54) is 47.3 Å². The van der Waals surface area contributed by atoms with E-state index in [-0.39, 0.29) is 30.4 Å². The van der Waals surface area contributed by atoms with Crippen LogP contribution in [0.3, 0.4) is 0 Å². The molecular weight excluding hydrogens is 446 g/mol. The van der Waals surface area contributed by atoms with Gasteiger partial charge in [-0.2, -0.15) is 10.1 Å². The monoisotopic (exact) mass is 462 g/mol. The molecule has 0 aliphatic carbocycles. The summed E-state index contributed by atoms with van der Waals surface area (Å²) in [5.41, 5.74) is 0.265. The van der Waals surface area contributed by atoms with E-state index < -0.39 is 23.3 Å². The molecule has 2 aromatic carbocycles. The molecule has 11 heteroatoms. The van der Waals surface area contributed by atoms with Gasteiger partial charge in [0.2, 0.25) is 5.95 Å². The molecule has 4 heterocycles. The lowest BCUT2D eigenvalue weighted by atomic mass is 10.2. The molecule has 2 N–H and O–H groups in total. The molecule has 1 aliphatic heterocycles. The lowest BCUT2D eigenvalue weighted by Gasteiger charge is -2.26. The van der Waals surface area contributed by atoms with Crippen LogP contribution in [0, 0.1) is 11.6 Å². The van der Waals surface area contributed by atoms with E-state index in [0.717, 1.165) is 0 Å². The Hall–Kier alpha value is -4.54. The molecule has 0 spiro atoms. The average Bonchev–Trinajstić information content (AvgIpc) is 3.34. The topological polar surface area (TPSA) is 107 Å². The fourth-order valence-electron chi connectivity index (χ4n) is 3.93. The minimum absolute atomic E-state index is 0.0629. The second kappa shape index (κ2) is 7.80. The molecule has 0 amide bonds. The van der Waals surface area contributed by atoms with E-state index in [2.05, 4.69) is 25.5 Å². The largest absolute Gasteiger partial charge is 0.486 e. The van der Waals surface area contributed by atoms with Gasteiger partial charge in [-0.3, -0.25) is 14.5 Å². The van der Waals surface area contributed by atoms with Crippen LogP contribution in [0.15, 0.2) is 59.7 Å². The first kappa shape index (κ1) is 20.1. The van der Waals surface area contributed by atoms with Crippen LogP contribution in [-0.2, 0) is 0 Å². The molecule has 9 nitrogen and oxygen atoms in total. The minimum Gasteiger partial charge on any atom is -0.486 e. The number of aromatic nitrogens is 5. The van der Waals surface area contributed by atoms with Crippen molar-refractivity contribution in [1.82, 2.24) is 24.7 Å². The predicted octanol–water partition coefficient (Wildman–Crippen LogP) is 3.19. The van der Waals surface area contributed by atoms with Crippen LogP contribution in [0.2, 0.25) is 0 Å². The number of H-pyrrole nitrogens is 1. The van der Waals surface area contributed by atoms with Gasteiger partial charge >= 0.3 is 0 Å². The summed E-state index contributed by atoms with van der Waals surface area (Å²) in [4.78, 5) is 22.0. The number of pyridine rings is 1. The number of halogens is 2. The van der Waals surface area contributed by atoms with Gasteiger partial charge in [-0.25, -0.2) is 13.8 Å². The molecule has 170 valence electrons. The number of benzene rings is 2. The Morgan fingerprint density at radius 2 is 2.00 bits per heavy atom. The second-order valence-electron chi connectivity index (χ2n) is 7.70. The smallest absolute Gasteiger partial charge is 0.267 e. The number of fused-ring (bicyclic) bond motifs is 4. The maximum atomic E-state index is 14.7. The number of rotatable bonds is 4. The molecule has 0 radical (unpaired) electrons. The molecule has 0 fully saturated rings. The molecule has 1 aliphatic rings. The van der Waals surface area contributed by atoms with Crippen LogP contribution in [0.25, 0.3) is 27.6 Å². The zero-order chi connectivity index (χ0) is 23.2. The highest BCUT2D eigenvalue weighted by atomic mass is 19.1. The third kappa shape index (κ3) is 3.29. The maximum absolute atomic E-state index is 14.7. The Kier molecular flexibility index (Phi) is 4.61. The van der Waals surface area contributed by atoms with Crippen LogP contribution in [0.4, 0.5) is 14.7 Å². The summed E-state index contributed by atoms with van der Waals surface area (Å²) in [6.07, 6.45) is 2.49. The molecule has 0 saturated heterocycles. The predicted molar refractivity (Wildman–Crippen MR) is 120 cm³/mol. The van der Waals surface area contributed by atoms with Crippen LogP contribution < -0.4 is 20.3 Å². The van der Waals surface area contributed by atoms with Crippen molar-refractivity contribution in [2.24, 2.45) is 0 Å². The molecule has 1 atom stereocenters. The van der Waals surface area contributed by atoms with Gasteiger partial charge in [0.15, 0.2) is 17.1 Å². The number of hydrogen-bond acceptors (Lipinski definition) is 7. The lowest BCUT2D eigenvalue weighted by molar-refractivity contribution is 0.0990. The summed E-state index contributed by atoms with van der Waals surface area (Å²) < 4.78 is 40.8. The number of ether oxygens (including phenoxy) is 2. The van der Waals surface area contributed by atoms with Gasteiger partial charge in [0.05, 0.1) is 34.7 Å². The number of nitrogens with zero attached hydrogens (tertiary/aromatic N) is 4. The first-order valence-electron chi connectivity index (χ1n) is 10.4. The molecule has 6 rings (SSSR count). The SMILES string of the molecule is O=c1c2cn[nH]c2c2cnc(NCC3COc4ccc(F)cc4O3)nc2n1-c1ccccc1F. The van der Waals surface area contributed by atoms with Crippen LogP contribution in [-0.4, -0.2) is 44.0 Å². The number of nitrogens with one attached hydrogen (secondary N) is 2. The Morgan fingerprint density at radius 3 is 2.88 bits per heavy atom. The third-order valence-corrected chi connectivity index (χ3v) is 5.53. The normalized spacial score (nSPS) is 15.1. The van der Waals surface area contributed by atoms with Gasteiger partial charge in [-0.15, -0.1) is 0 Å². The van der Waals surface area contributed by atoms with E-state index >= 15 is 0 Å². The van der Waals surface area contributed by atoms with E-state index in [1.807, 2.05) is 0 Å². The fourth-order valence-corrected chi connectivity index (χ4v) is 3.93. The Bertz CT molecular complexity index is 1620. The van der Waals surface area contributed by atoms with E-state index in [1.54, 1.807) is 12.1 Å². The third-order valence-electron chi connectivity index (χ3n) is 5.53. The minimum atomic E-state index is -0.569. The molecular formula is C23H16F2N6O3. The summed E-state index contributed by atoms with van der Waals surface area (Å²) in [7, 11) is 0. The highest BCUT2D eigenvalue weighted by molar-refractivity contribution is 6.02. The van der Waals surface area contributed by atoms with Gasteiger partial charge in [-0.05, 0) is 24.3 Å². The molecule has 3 aromatic heterocycles. The summed E-state index contributed by atoms with van der Waals surface area (Å²) in [5.74, 6) is -0.0142. The number of para-hydroxylation sites is 1. The van der Waals surface area contributed by atoms with Gasteiger partial charge < -0.3 is 14.8 Å². The summed E-state index contributed by atoms with van der Waals surface area (Å²) in [5, 5.41) is 10.6. The first-order valence-corrected chi connectivity index (χ1v) is 10.4. The van der Waals surface area contributed by atoms with Gasteiger partial charge in [0.1, 0.15) is 24.3 Å². The van der Waals surface area contributed by atoms with Crippen molar-refractivity contribution in [2.45, 2.75) is 6.10 Å². The highest BCUT2D eigenvalue weighted by Gasteiger charge is 2.22. The summed E-state index contributed by atoms with van der Waals surface area (Å²) >= 11 is 0. The molecule has 1 unspecified atom stereocenters. The van der Waals surface area contributed by atoms with Crippen LogP contribution in [0.5, 0.6) is 11.5 Å². The van der Waals surface area contributed by atoms with Crippen molar-refractivity contribution in [2.75, 3.05) is 18.5 Å².